The van der Waals surface area contributed by atoms with Crippen molar-refractivity contribution in [1.82, 2.24) is 19.6 Å². The number of rotatable bonds is 5. The van der Waals surface area contributed by atoms with Gasteiger partial charge in [-0.25, -0.2) is 4.68 Å². The van der Waals surface area contributed by atoms with Gasteiger partial charge in [-0.2, -0.15) is 5.10 Å². The van der Waals surface area contributed by atoms with Gasteiger partial charge in [0.2, 0.25) is 0 Å². The summed E-state index contributed by atoms with van der Waals surface area (Å²) < 4.78 is 7.32. The minimum Gasteiger partial charge on any atom is -0.379 e. The van der Waals surface area contributed by atoms with Crippen LogP contribution in [0.5, 0.6) is 0 Å². The van der Waals surface area contributed by atoms with Crippen LogP contribution in [-0.4, -0.2) is 71.4 Å². The molecule has 1 aromatic carbocycles. The van der Waals surface area contributed by atoms with Crippen molar-refractivity contribution in [3.8, 4) is 5.69 Å². The lowest BCUT2D eigenvalue weighted by molar-refractivity contribution is 0.0242. The van der Waals surface area contributed by atoms with Crippen molar-refractivity contribution in [2.24, 2.45) is 5.92 Å². The Hall–Kier alpha value is -1.89. The number of carbonyl (C=O) groups excluding carboxylic acids is 1. The van der Waals surface area contributed by atoms with E-state index in [1.54, 1.807) is 6.20 Å². The fraction of sp³-hybridized carbons (Fsp3) is 0.565. The highest BCUT2D eigenvalue weighted by molar-refractivity contribution is 6.30. The molecule has 0 radical (unpaired) electrons. The summed E-state index contributed by atoms with van der Waals surface area (Å²) in [5.41, 5.74) is 2.59. The number of nitrogens with zero attached hydrogens (tertiary/aromatic N) is 4. The standard InChI is InChI=1S/C23H31ClN4O2/c1-17(2)22-21(15-25-28(22)20-5-3-19(24)4-6-20)23(29)27-9-7-18(8-10-27)16-26-11-13-30-14-12-26/h3-6,15,17-18H,7-14,16H2,1-2H3. The van der Waals surface area contributed by atoms with Crippen LogP contribution >= 0.6 is 11.6 Å². The maximum atomic E-state index is 13.3. The van der Waals surface area contributed by atoms with Gasteiger partial charge in [-0.3, -0.25) is 9.69 Å². The molecule has 0 N–H and O–H groups in total. The summed E-state index contributed by atoms with van der Waals surface area (Å²) >= 11 is 6.03. The Morgan fingerprint density at radius 2 is 1.80 bits per heavy atom. The molecule has 0 bridgehead atoms. The number of morpholine rings is 1. The Labute approximate surface area is 183 Å². The fourth-order valence-electron chi connectivity index (χ4n) is 4.50. The lowest BCUT2D eigenvalue weighted by atomic mass is 9.95. The van der Waals surface area contributed by atoms with Crippen LogP contribution in [0.2, 0.25) is 5.02 Å². The molecule has 0 aliphatic carbocycles. The lowest BCUT2D eigenvalue weighted by Crippen LogP contribution is -2.44. The molecule has 2 aliphatic heterocycles. The van der Waals surface area contributed by atoms with Crippen molar-refractivity contribution in [2.45, 2.75) is 32.6 Å². The molecule has 0 atom stereocenters. The number of amides is 1. The molecule has 2 aliphatic rings. The second-order valence-corrected chi connectivity index (χ2v) is 9.07. The molecule has 6 nitrogen and oxygen atoms in total. The molecule has 2 aromatic rings. The van der Waals surface area contributed by atoms with Crippen molar-refractivity contribution < 1.29 is 9.53 Å². The van der Waals surface area contributed by atoms with Crippen LogP contribution < -0.4 is 0 Å². The lowest BCUT2D eigenvalue weighted by Gasteiger charge is -2.36. The van der Waals surface area contributed by atoms with Crippen molar-refractivity contribution in [1.29, 1.82) is 0 Å². The van der Waals surface area contributed by atoms with E-state index >= 15 is 0 Å². The molecule has 162 valence electrons. The van der Waals surface area contributed by atoms with Crippen LogP contribution in [-0.2, 0) is 4.74 Å². The molecule has 2 saturated heterocycles. The quantitative estimate of drug-likeness (QED) is 0.723. The summed E-state index contributed by atoms with van der Waals surface area (Å²) in [6.07, 6.45) is 3.85. The molecule has 1 amide bonds. The highest BCUT2D eigenvalue weighted by atomic mass is 35.5. The van der Waals surface area contributed by atoms with Gasteiger partial charge in [-0.1, -0.05) is 25.4 Å². The van der Waals surface area contributed by atoms with E-state index in [1.807, 2.05) is 33.8 Å². The van der Waals surface area contributed by atoms with Crippen molar-refractivity contribution in [3.05, 3.63) is 46.7 Å². The van der Waals surface area contributed by atoms with Gasteiger partial charge in [0, 0.05) is 37.7 Å². The molecule has 0 spiro atoms. The Kier molecular flexibility index (Phi) is 6.76. The fourth-order valence-corrected chi connectivity index (χ4v) is 4.63. The van der Waals surface area contributed by atoms with Crippen LogP contribution in [0.15, 0.2) is 30.5 Å². The van der Waals surface area contributed by atoms with E-state index in [0.717, 1.165) is 70.2 Å². The number of hydrogen-bond acceptors (Lipinski definition) is 4. The van der Waals surface area contributed by atoms with E-state index < -0.39 is 0 Å². The number of likely N-dealkylation sites (tertiary alicyclic amines) is 1. The maximum Gasteiger partial charge on any atom is 0.257 e. The third-order valence-electron chi connectivity index (χ3n) is 6.18. The third kappa shape index (κ3) is 4.71. The van der Waals surface area contributed by atoms with Crippen LogP contribution in [0.1, 0.15) is 48.7 Å². The third-order valence-corrected chi connectivity index (χ3v) is 6.43. The normalized spacial score (nSPS) is 18.9. The first-order valence-electron chi connectivity index (χ1n) is 11.0. The van der Waals surface area contributed by atoms with E-state index in [2.05, 4.69) is 23.8 Å². The van der Waals surface area contributed by atoms with Crippen molar-refractivity contribution in [3.63, 3.8) is 0 Å². The molecule has 2 fully saturated rings. The SMILES string of the molecule is CC(C)c1c(C(=O)N2CCC(CN3CCOCC3)CC2)cnn1-c1ccc(Cl)cc1. The van der Waals surface area contributed by atoms with Gasteiger partial charge in [0.25, 0.3) is 5.91 Å². The number of carbonyl (C=O) groups is 1. The monoisotopic (exact) mass is 430 g/mol. The van der Waals surface area contributed by atoms with Gasteiger partial charge in [0.05, 0.1) is 36.4 Å². The Balaban J connectivity index is 1.44. The summed E-state index contributed by atoms with van der Waals surface area (Å²) in [6, 6.07) is 7.58. The van der Waals surface area contributed by atoms with E-state index in [-0.39, 0.29) is 11.8 Å². The number of ether oxygens (including phenoxy) is 1. The molecule has 7 heteroatoms. The second-order valence-electron chi connectivity index (χ2n) is 8.63. The molecule has 0 saturated carbocycles. The molecule has 4 rings (SSSR count). The smallest absolute Gasteiger partial charge is 0.257 e. The average Bonchev–Trinajstić information content (AvgIpc) is 3.20. The van der Waals surface area contributed by atoms with E-state index in [1.165, 1.54) is 0 Å². The molecule has 30 heavy (non-hydrogen) atoms. The first kappa shape index (κ1) is 21.3. The van der Waals surface area contributed by atoms with Gasteiger partial charge in [0.1, 0.15) is 0 Å². The minimum absolute atomic E-state index is 0.101. The number of benzene rings is 1. The van der Waals surface area contributed by atoms with Gasteiger partial charge in [-0.05, 0) is 48.9 Å². The van der Waals surface area contributed by atoms with Crippen LogP contribution in [0.25, 0.3) is 5.69 Å². The summed E-state index contributed by atoms with van der Waals surface area (Å²) in [4.78, 5) is 17.8. The summed E-state index contributed by atoms with van der Waals surface area (Å²) in [5.74, 6) is 0.943. The Bertz CT molecular complexity index is 851. The van der Waals surface area contributed by atoms with E-state index in [4.69, 9.17) is 16.3 Å². The van der Waals surface area contributed by atoms with Crippen molar-refractivity contribution >= 4 is 17.5 Å². The van der Waals surface area contributed by atoms with Crippen LogP contribution in [0, 0.1) is 5.92 Å². The molecule has 0 unspecified atom stereocenters. The summed E-state index contributed by atoms with van der Waals surface area (Å²) in [7, 11) is 0. The zero-order valence-corrected chi connectivity index (χ0v) is 18.6. The van der Waals surface area contributed by atoms with Gasteiger partial charge in [0.15, 0.2) is 0 Å². The van der Waals surface area contributed by atoms with Gasteiger partial charge in [-0.15, -0.1) is 0 Å². The van der Waals surface area contributed by atoms with Gasteiger partial charge < -0.3 is 9.64 Å². The Morgan fingerprint density at radius 1 is 1.13 bits per heavy atom. The zero-order chi connectivity index (χ0) is 21.1. The van der Waals surface area contributed by atoms with Gasteiger partial charge >= 0.3 is 0 Å². The zero-order valence-electron chi connectivity index (χ0n) is 17.9. The predicted octanol–water partition coefficient (Wildman–Crippen LogP) is 3.83. The van der Waals surface area contributed by atoms with Crippen LogP contribution in [0.4, 0.5) is 0 Å². The maximum absolute atomic E-state index is 13.3. The molecule has 3 heterocycles. The largest absolute Gasteiger partial charge is 0.379 e. The van der Waals surface area contributed by atoms with E-state index in [0.29, 0.717) is 16.5 Å². The number of aromatic nitrogens is 2. The number of halogens is 1. The first-order chi connectivity index (χ1) is 14.5. The second kappa shape index (κ2) is 9.50. The summed E-state index contributed by atoms with van der Waals surface area (Å²) in [5, 5.41) is 5.24. The summed E-state index contributed by atoms with van der Waals surface area (Å²) in [6.45, 7) is 10.7. The topological polar surface area (TPSA) is 50.6 Å². The highest BCUT2D eigenvalue weighted by Crippen LogP contribution is 2.27. The van der Waals surface area contributed by atoms with Crippen LogP contribution in [0.3, 0.4) is 0 Å². The average molecular weight is 431 g/mol. The molecular weight excluding hydrogens is 400 g/mol. The predicted molar refractivity (Wildman–Crippen MR) is 119 cm³/mol. The number of piperidine rings is 1. The minimum atomic E-state index is 0.101. The van der Waals surface area contributed by atoms with Crippen molar-refractivity contribution in [2.75, 3.05) is 45.9 Å². The first-order valence-corrected chi connectivity index (χ1v) is 11.3. The number of hydrogen-bond donors (Lipinski definition) is 0. The van der Waals surface area contributed by atoms with E-state index in [9.17, 15) is 4.79 Å². The Morgan fingerprint density at radius 3 is 2.43 bits per heavy atom. The highest BCUT2D eigenvalue weighted by Gasteiger charge is 2.29. The molecular formula is C23H31ClN4O2. The molecule has 1 aromatic heterocycles.